The smallest absolute Gasteiger partial charge is 0.411 e. The summed E-state index contributed by atoms with van der Waals surface area (Å²) >= 11 is 0. The van der Waals surface area contributed by atoms with Crippen molar-refractivity contribution >= 4 is 6.09 Å². The van der Waals surface area contributed by atoms with E-state index in [2.05, 4.69) is 17.1 Å². The number of piperidine rings is 1. The predicted molar refractivity (Wildman–Crippen MR) is 90.3 cm³/mol. The van der Waals surface area contributed by atoms with Gasteiger partial charge in [0.25, 0.3) is 0 Å². The van der Waals surface area contributed by atoms with Gasteiger partial charge in [0.1, 0.15) is 11.7 Å². The average molecular weight is 336 g/mol. The minimum atomic E-state index is -0.767. The standard InChI is InChI=1S/C19H20N4O2/c1-18(2,3)25-17(24)23-15-4-5-16(23)8-19(7-15,12-21)14-6-13(9-20)10-22-11-14/h4-6,10-11,15-16H,7-8H2,1-3H3/t15-,16+,19+. The van der Waals surface area contributed by atoms with Crippen molar-refractivity contribution in [2.75, 3.05) is 0 Å². The second kappa shape index (κ2) is 5.89. The third-order valence-electron chi connectivity index (χ3n) is 4.62. The molecule has 0 unspecified atom stereocenters. The number of carbonyl (C=O) groups excluding carboxylic acids is 1. The highest BCUT2D eigenvalue weighted by molar-refractivity contribution is 5.71. The van der Waals surface area contributed by atoms with E-state index in [1.807, 2.05) is 32.9 Å². The topological polar surface area (TPSA) is 90.0 Å². The van der Waals surface area contributed by atoms with Gasteiger partial charge in [-0.05, 0) is 45.2 Å². The van der Waals surface area contributed by atoms with Crippen molar-refractivity contribution in [3.8, 4) is 12.1 Å². The van der Waals surface area contributed by atoms with Crippen molar-refractivity contribution in [3.63, 3.8) is 0 Å². The van der Waals surface area contributed by atoms with E-state index in [1.54, 1.807) is 17.2 Å². The van der Waals surface area contributed by atoms with Crippen LogP contribution in [0.2, 0.25) is 0 Å². The Labute approximate surface area is 147 Å². The van der Waals surface area contributed by atoms with E-state index in [9.17, 15) is 10.1 Å². The van der Waals surface area contributed by atoms with E-state index in [0.29, 0.717) is 18.4 Å². The fourth-order valence-corrected chi connectivity index (χ4v) is 3.56. The molecular weight excluding hydrogens is 316 g/mol. The SMILES string of the molecule is CC(C)(C)OC(=O)N1[C@@H]2C=C[C@H]1C[C@@](C#N)(c1cncc(C#N)c1)C2. The highest BCUT2D eigenvalue weighted by Gasteiger charge is 2.50. The first kappa shape index (κ1) is 17.0. The third-order valence-corrected chi connectivity index (χ3v) is 4.62. The van der Waals surface area contributed by atoms with Gasteiger partial charge in [0.2, 0.25) is 0 Å². The lowest BCUT2D eigenvalue weighted by molar-refractivity contribution is 0.00562. The summed E-state index contributed by atoms with van der Waals surface area (Å²) in [5, 5.41) is 19.0. The number of rotatable bonds is 1. The largest absolute Gasteiger partial charge is 0.444 e. The Kier molecular flexibility index (Phi) is 4.00. The lowest BCUT2D eigenvalue weighted by Gasteiger charge is -2.43. The van der Waals surface area contributed by atoms with Crippen molar-refractivity contribution in [1.82, 2.24) is 9.88 Å². The second-order valence-electron chi connectivity index (χ2n) is 7.58. The Bertz CT molecular complexity index is 794. The molecule has 0 radical (unpaired) electrons. The second-order valence-corrected chi connectivity index (χ2v) is 7.58. The zero-order valence-electron chi connectivity index (χ0n) is 14.6. The third kappa shape index (κ3) is 3.08. The van der Waals surface area contributed by atoms with Gasteiger partial charge in [-0.3, -0.25) is 9.88 Å². The molecular formula is C19H20N4O2. The molecule has 0 aliphatic carbocycles. The van der Waals surface area contributed by atoms with Crippen LogP contribution < -0.4 is 0 Å². The van der Waals surface area contributed by atoms with Crippen LogP contribution in [0.4, 0.5) is 4.79 Å². The molecule has 0 N–H and O–H groups in total. The van der Waals surface area contributed by atoms with Crippen LogP contribution in [0, 0.1) is 22.7 Å². The van der Waals surface area contributed by atoms with Crippen LogP contribution >= 0.6 is 0 Å². The van der Waals surface area contributed by atoms with Crippen LogP contribution in [0.25, 0.3) is 0 Å². The molecule has 1 aromatic heterocycles. The number of hydrogen-bond donors (Lipinski definition) is 0. The molecule has 2 aliphatic rings. The number of pyridine rings is 1. The fraction of sp³-hybridized carbons (Fsp3) is 0.474. The fourth-order valence-electron chi connectivity index (χ4n) is 3.56. The summed E-state index contributed by atoms with van der Waals surface area (Å²) < 4.78 is 5.51. The van der Waals surface area contributed by atoms with Gasteiger partial charge in [0, 0.05) is 12.4 Å². The van der Waals surface area contributed by atoms with Crippen LogP contribution in [0.15, 0.2) is 30.6 Å². The molecule has 2 aliphatic heterocycles. The lowest BCUT2D eigenvalue weighted by Crippen LogP contribution is -2.53. The quantitative estimate of drug-likeness (QED) is 0.735. The number of carbonyl (C=O) groups is 1. The van der Waals surface area contributed by atoms with Crippen molar-refractivity contribution in [1.29, 1.82) is 10.5 Å². The number of amides is 1. The predicted octanol–water partition coefficient (Wildman–Crippen LogP) is 3.05. The van der Waals surface area contributed by atoms with Crippen molar-refractivity contribution < 1.29 is 9.53 Å². The highest BCUT2D eigenvalue weighted by atomic mass is 16.6. The van der Waals surface area contributed by atoms with E-state index >= 15 is 0 Å². The number of hydrogen-bond acceptors (Lipinski definition) is 5. The molecule has 128 valence electrons. The molecule has 6 nitrogen and oxygen atoms in total. The van der Waals surface area contributed by atoms with Crippen molar-refractivity contribution in [3.05, 3.63) is 41.7 Å². The maximum absolute atomic E-state index is 12.5. The molecule has 6 heteroatoms. The normalized spacial score (nSPS) is 27.5. The maximum Gasteiger partial charge on any atom is 0.411 e. The molecule has 0 saturated carbocycles. The summed E-state index contributed by atoms with van der Waals surface area (Å²) in [6, 6.07) is 5.82. The molecule has 1 saturated heterocycles. The molecule has 3 rings (SSSR count). The number of nitrogens with zero attached hydrogens (tertiary/aromatic N) is 4. The number of fused-ring (bicyclic) bond motifs is 2. The maximum atomic E-state index is 12.5. The molecule has 0 spiro atoms. The summed E-state index contributed by atoms with van der Waals surface area (Å²) in [6.45, 7) is 5.51. The van der Waals surface area contributed by atoms with Crippen LogP contribution in [0.1, 0.15) is 44.7 Å². The van der Waals surface area contributed by atoms with Gasteiger partial charge in [0.15, 0.2) is 0 Å². The van der Waals surface area contributed by atoms with Gasteiger partial charge in [-0.1, -0.05) is 12.2 Å². The Hall–Kier alpha value is -2.86. The number of ether oxygens (including phenoxy) is 1. The Morgan fingerprint density at radius 1 is 1.28 bits per heavy atom. The minimum absolute atomic E-state index is 0.195. The molecule has 1 aromatic rings. The molecule has 1 fully saturated rings. The van der Waals surface area contributed by atoms with Crippen LogP contribution in [-0.2, 0) is 10.2 Å². The van der Waals surface area contributed by atoms with E-state index < -0.39 is 11.0 Å². The zero-order valence-corrected chi connectivity index (χ0v) is 14.6. The van der Waals surface area contributed by atoms with Gasteiger partial charge in [0.05, 0.1) is 29.1 Å². The van der Waals surface area contributed by atoms with E-state index in [1.165, 1.54) is 6.20 Å². The van der Waals surface area contributed by atoms with Gasteiger partial charge < -0.3 is 4.74 Å². The molecule has 3 heterocycles. The van der Waals surface area contributed by atoms with Crippen molar-refractivity contribution in [2.24, 2.45) is 0 Å². The first-order chi connectivity index (χ1) is 11.8. The van der Waals surface area contributed by atoms with E-state index in [-0.39, 0.29) is 18.2 Å². The van der Waals surface area contributed by atoms with Gasteiger partial charge in [-0.15, -0.1) is 0 Å². The first-order valence-corrected chi connectivity index (χ1v) is 8.24. The summed E-state index contributed by atoms with van der Waals surface area (Å²) in [4.78, 5) is 18.3. The summed E-state index contributed by atoms with van der Waals surface area (Å²) in [6.07, 6.45) is 7.63. The van der Waals surface area contributed by atoms with Crippen LogP contribution in [0.3, 0.4) is 0 Å². The minimum Gasteiger partial charge on any atom is -0.444 e. The Morgan fingerprint density at radius 3 is 2.44 bits per heavy atom. The highest BCUT2D eigenvalue weighted by Crippen LogP contribution is 2.44. The van der Waals surface area contributed by atoms with Crippen molar-refractivity contribution in [2.45, 2.75) is 56.7 Å². The molecule has 0 aromatic carbocycles. The number of nitriles is 2. The lowest BCUT2D eigenvalue weighted by atomic mass is 9.71. The summed E-state index contributed by atoms with van der Waals surface area (Å²) in [5.41, 5.74) is -0.165. The molecule has 1 amide bonds. The Morgan fingerprint density at radius 2 is 1.92 bits per heavy atom. The van der Waals surface area contributed by atoms with Gasteiger partial charge in [-0.2, -0.15) is 10.5 Å². The van der Waals surface area contributed by atoms with Gasteiger partial charge in [-0.25, -0.2) is 4.79 Å². The van der Waals surface area contributed by atoms with E-state index in [4.69, 9.17) is 10.00 Å². The average Bonchev–Trinajstić information content (AvgIpc) is 2.85. The molecule has 25 heavy (non-hydrogen) atoms. The molecule has 3 atom stereocenters. The molecule has 2 bridgehead atoms. The van der Waals surface area contributed by atoms with E-state index in [0.717, 1.165) is 5.56 Å². The zero-order chi connectivity index (χ0) is 18.2. The first-order valence-electron chi connectivity index (χ1n) is 8.24. The Balaban J connectivity index is 1.88. The summed E-state index contributed by atoms with van der Waals surface area (Å²) in [7, 11) is 0. The summed E-state index contributed by atoms with van der Waals surface area (Å²) in [5.74, 6) is 0. The van der Waals surface area contributed by atoms with Crippen LogP contribution in [-0.4, -0.2) is 33.7 Å². The van der Waals surface area contributed by atoms with Crippen LogP contribution in [0.5, 0.6) is 0 Å². The van der Waals surface area contributed by atoms with Gasteiger partial charge >= 0.3 is 6.09 Å². The number of aromatic nitrogens is 1. The monoisotopic (exact) mass is 336 g/mol.